The molecular weight excluding hydrogens is 615 g/mol. The number of aromatic nitrogens is 1. The highest BCUT2D eigenvalue weighted by molar-refractivity contribution is 5.88. The summed E-state index contributed by atoms with van der Waals surface area (Å²) in [6.07, 6.45) is 2.86. The maximum atomic E-state index is 14.5. The van der Waals surface area contributed by atoms with E-state index < -0.39 is 29.5 Å². The van der Waals surface area contributed by atoms with Crippen molar-refractivity contribution in [3.63, 3.8) is 0 Å². The first kappa shape index (κ1) is 34.9. The van der Waals surface area contributed by atoms with Crippen molar-refractivity contribution < 1.29 is 41.7 Å². The maximum absolute atomic E-state index is 14.5. The molecule has 258 valence electrons. The van der Waals surface area contributed by atoms with E-state index in [1.54, 1.807) is 18.2 Å². The Bertz CT molecular complexity index is 1430. The standard InChI is InChI=1S/C35H46F3N3O6/c1-4-5-6-7-8-10-24(2)32(42)41-23-34(22-29(41)33(43)44-3)14-13-26-27-21-25(46-18-9-15-40-16-19-45-20-17-40)11-12-28(27)39-31(30(26)47-34)35(36,37)38/h4,11-12,21,24,29H,1,5-10,13-20,22-23H2,2-3H3/t24-,29-,34+/m0/s1. The molecule has 5 rings (SSSR count). The lowest BCUT2D eigenvalue weighted by atomic mass is 9.87. The van der Waals surface area contributed by atoms with Crippen molar-refractivity contribution in [2.24, 2.45) is 5.92 Å². The summed E-state index contributed by atoms with van der Waals surface area (Å²) in [5.41, 5.74) is -1.69. The summed E-state index contributed by atoms with van der Waals surface area (Å²) in [6, 6.07) is 3.98. The van der Waals surface area contributed by atoms with E-state index in [1.165, 1.54) is 12.0 Å². The molecule has 4 heterocycles. The van der Waals surface area contributed by atoms with Gasteiger partial charge in [0.1, 0.15) is 17.4 Å². The molecule has 12 heteroatoms. The molecule has 9 nitrogen and oxygen atoms in total. The molecule has 0 unspecified atom stereocenters. The number of allylic oxidation sites excluding steroid dienone is 1. The first-order chi connectivity index (χ1) is 22.5. The van der Waals surface area contributed by atoms with Gasteiger partial charge in [-0.3, -0.25) is 9.69 Å². The number of morpholine rings is 1. The zero-order valence-corrected chi connectivity index (χ0v) is 27.4. The van der Waals surface area contributed by atoms with E-state index in [0.717, 1.165) is 65.0 Å². The summed E-state index contributed by atoms with van der Waals surface area (Å²) in [4.78, 5) is 34.3. The molecule has 2 fully saturated rings. The number of nitrogens with zero attached hydrogens (tertiary/aromatic N) is 3. The molecule has 1 aromatic carbocycles. The SMILES string of the molecule is C=CCCCCC[C@H](C)C(=O)N1C[C@@]2(CCc3c(c(C(F)(F)F)nc4ccc(OCCCN5CCOCC5)cc34)O2)C[C@H]1C(=O)OC. The summed E-state index contributed by atoms with van der Waals surface area (Å²) in [6.45, 7) is 10.1. The van der Waals surface area contributed by atoms with Gasteiger partial charge in [-0.05, 0) is 56.7 Å². The second kappa shape index (κ2) is 15.2. The number of aryl methyl sites for hydroxylation is 1. The van der Waals surface area contributed by atoms with Crippen molar-refractivity contribution >= 4 is 22.8 Å². The minimum atomic E-state index is -4.78. The monoisotopic (exact) mass is 661 g/mol. The Morgan fingerprint density at radius 2 is 1.98 bits per heavy atom. The van der Waals surface area contributed by atoms with Crippen LogP contribution in [0.1, 0.15) is 69.5 Å². The van der Waals surface area contributed by atoms with Crippen LogP contribution in [0.2, 0.25) is 0 Å². The average molecular weight is 662 g/mol. The van der Waals surface area contributed by atoms with Gasteiger partial charge in [-0.15, -0.1) is 6.58 Å². The molecular formula is C35H46F3N3O6. The summed E-state index contributed by atoms with van der Waals surface area (Å²) >= 11 is 0. The predicted octanol–water partition coefficient (Wildman–Crippen LogP) is 5.97. The van der Waals surface area contributed by atoms with Crippen LogP contribution in [0.5, 0.6) is 11.5 Å². The first-order valence-corrected chi connectivity index (χ1v) is 16.7. The first-order valence-electron chi connectivity index (χ1n) is 16.7. The molecule has 3 aliphatic rings. The number of methoxy groups -OCH3 is 1. The van der Waals surface area contributed by atoms with Crippen LogP contribution in [-0.2, 0) is 31.7 Å². The Hall–Kier alpha value is -3.38. The lowest BCUT2D eigenvalue weighted by molar-refractivity contribution is -0.152. The lowest BCUT2D eigenvalue weighted by Gasteiger charge is -2.37. The third kappa shape index (κ3) is 8.20. The van der Waals surface area contributed by atoms with Crippen molar-refractivity contribution in [1.82, 2.24) is 14.8 Å². The number of amides is 1. The number of likely N-dealkylation sites (tertiary alicyclic amines) is 1. The number of hydrogen-bond donors (Lipinski definition) is 0. The predicted molar refractivity (Wildman–Crippen MR) is 170 cm³/mol. The molecule has 47 heavy (non-hydrogen) atoms. The summed E-state index contributed by atoms with van der Waals surface area (Å²) < 4.78 is 66.1. The van der Waals surface area contributed by atoms with Gasteiger partial charge in [-0.1, -0.05) is 25.8 Å². The zero-order valence-electron chi connectivity index (χ0n) is 27.4. The molecule has 0 N–H and O–H groups in total. The van der Waals surface area contributed by atoms with E-state index >= 15 is 0 Å². The average Bonchev–Trinajstić information content (AvgIpc) is 3.43. The van der Waals surface area contributed by atoms with E-state index in [4.69, 9.17) is 18.9 Å². The van der Waals surface area contributed by atoms with E-state index in [0.29, 0.717) is 36.1 Å². The Kier molecular flexibility index (Phi) is 11.3. The van der Waals surface area contributed by atoms with E-state index in [2.05, 4.69) is 16.5 Å². The third-order valence-corrected chi connectivity index (χ3v) is 9.55. The Morgan fingerprint density at radius 3 is 2.70 bits per heavy atom. The molecule has 3 atom stereocenters. The molecule has 2 saturated heterocycles. The number of carbonyl (C=O) groups excluding carboxylic acids is 2. The molecule has 0 bridgehead atoms. The fraction of sp³-hybridized carbons (Fsp3) is 0.629. The van der Waals surface area contributed by atoms with Gasteiger partial charge in [-0.2, -0.15) is 13.2 Å². The number of halogens is 3. The zero-order chi connectivity index (χ0) is 33.6. The van der Waals surface area contributed by atoms with Crippen molar-refractivity contribution in [1.29, 1.82) is 0 Å². The Labute approximate surface area is 274 Å². The molecule has 0 saturated carbocycles. The minimum absolute atomic E-state index is 0.00648. The highest BCUT2D eigenvalue weighted by Crippen LogP contribution is 2.48. The molecule has 0 radical (unpaired) electrons. The second-order valence-electron chi connectivity index (χ2n) is 12.9. The molecule has 1 spiro atoms. The number of benzene rings is 1. The van der Waals surface area contributed by atoms with Gasteiger partial charge < -0.3 is 23.8 Å². The van der Waals surface area contributed by atoms with E-state index in [-0.39, 0.29) is 42.5 Å². The summed E-state index contributed by atoms with van der Waals surface area (Å²) in [5.74, 6) is -0.982. The lowest BCUT2D eigenvalue weighted by Crippen LogP contribution is -2.46. The van der Waals surface area contributed by atoms with E-state index in [1.807, 2.05) is 13.0 Å². The molecule has 0 aliphatic carbocycles. The number of fused-ring (bicyclic) bond motifs is 3. The quantitative estimate of drug-likeness (QED) is 0.148. The van der Waals surface area contributed by atoms with Crippen LogP contribution in [0.15, 0.2) is 30.9 Å². The second-order valence-corrected chi connectivity index (χ2v) is 12.9. The van der Waals surface area contributed by atoms with Gasteiger partial charge in [0, 0.05) is 42.9 Å². The summed E-state index contributed by atoms with van der Waals surface area (Å²) in [7, 11) is 1.25. The van der Waals surface area contributed by atoms with Gasteiger partial charge in [0.05, 0.1) is 39.0 Å². The number of hydrogen-bond acceptors (Lipinski definition) is 8. The smallest absolute Gasteiger partial charge is 0.437 e. The highest BCUT2D eigenvalue weighted by atomic mass is 19.4. The van der Waals surface area contributed by atoms with Crippen LogP contribution in [0.25, 0.3) is 10.9 Å². The number of rotatable bonds is 13. The topological polar surface area (TPSA) is 90.4 Å². The molecule has 3 aliphatic heterocycles. The van der Waals surface area contributed by atoms with Gasteiger partial charge >= 0.3 is 12.1 Å². The number of esters is 1. The minimum Gasteiger partial charge on any atom is -0.494 e. The fourth-order valence-corrected chi connectivity index (χ4v) is 6.96. The van der Waals surface area contributed by atoms with Gasteiger partial charge in [0.15, 0.2) is 11.4 Å². The number of unbranched alkanes of at least 4 members (excludes halogenated alkanes) is 3. The van der Waals surface area contributed by atoms with Gasteiger partial charge in [0.25, 0.3) is 0 Å². The van der Waals surface area contributed by atoms with Crippen LogP contribution >= 0.6 is 0 Å². The van der Waals surface area contributed by atoms with Crippen LogP contribution in [0.3, 0.4) is 0 Å². The number of pyridine rings is 1. The third-order valence-electron chi connectivity index (χ3n) is 9.55. The normalized spacial score (nSPS) is 22.1. The number of ether oxygens (including phenoxy) is 4. The van der Waals surface area contributed by atoms with Crippen LogP contribution in [0.4, 0.5) is 13.2 Å². The molecule has 2 aromatic rings. The Morgan fingerprint density at radius 1 is 1.19 bits per heavy atom. The van der Waals surface area contributed by atoms with Crippen molar-refractivity contribution in [2.75, 3.05) is 53.1 Å². The van der Waals surface area contributed by atoms with Gasteiger partial charge in [-0.25, -0.2) is 9.78 Å². The van der Waals surface area contributed by atoms with Crippen LogP contribution < -0.4 is 9.47 Å². The molecule has 1 aromatic heterocycles. The number of alkyl halides is 3. The van der Waals surface area contributed by atoms with Crippen molar-refractivity contribution in [3.8, 4) is 11.5 Å². The van der Waals surface area contributed by atoms with Crippen LogP contribution in [-0.4, -0.2) is 91.4 Å². The maximum Gasteiger partial charge on any atom is 0.437 e. The van der Waals surface area contributed by atoms with Crippen molar-refractivity contribution in [2.45, 2.75) is 82.5 Å². The van der Waals surface area contributed by atoms with Crippen molar-refractivity contribution in [3.05, 3.63) is 42.1 Å². The molecule has 1 amide bonds. The van der Waals surface area contributed by atoms with Gasteiger partial charge in [0.2, 0.25) is 5.91 Å². The Balaban J connectivity index is 1.36. The van der Waals surface area contributed by atoms with Crippen LogP contribution in [0, 0.1) is 5.92 Å². The largest absolute Gasteiger partial charge is 0.494 e. The van der Waals surface area contributed by atoms with E-state index in [9.17, 15) is 22.8 Å². The highest BCUT2D eigenvalue weighted by Gasteiger charge is 2.54. The number of carbonyl (C=O) groups is 2. The fourth-order valence-electron chi connectivity index (χ4n) is 6.96. The summed E-state index contributed by atoms with van der Waals surface area (Å²) in [5, 5.41) is 0.536.